The number of carboxylic acid groups (broad SMARTS) is 1. The van der Waals surface area contributed by atoms with E-state index < -0.39 is 73.2 Å². The van der Waals surface area contributed by atoms with Crippen LogP contribution in [0, 0.1) is 5.92 Å². The van der Waals surface area contributed by atoms with Crippen molar-refractivity contribution in [3.63, 3.8) is 0 Å². The molecule has 0 aliphatic heterocycles. The van der Waals surface area contributed by atoms with Gasteiger partial charge >= 0.3 is 37.9 Å². The van der Waals surface area contributed by atoms with Crippen molar-refractivity contribution in [3.05, 3.63) is 11.6 Å². The summed E-state index contributed by atoms with van der Waals surface area (Å²) in [6.07, 6.45) is 0.712. The van der Waals surface area contributed by atoms with Gasteiger partial charge in [-0.05, 0) is 38.0 Å². The highest BCUT2D eigenvalue weighted by Gasteiger charge is 2.82. The molecule has 0 spiro atoms. The number of carbonyl (C=O) groups is 1. The van der Waals surface area contributed by atoms with Crippen molar-refractivity contribution in [1.82, 2.24) is 4.13 Å². The van der Waals surface area contributed by atoms with Crippen LogP contribution in [0.5, 0.6) is 0 Å². The quantitative estimate of drug-likeness (QED) is 0.269. The lowest BCUT2D eigenvalue weighted by atomic mass is 9.94. The number of aliphatic carboxylic acids is 1. The molecule has 0 aromatic carbocycles. The van der Waals surface area contributed by atoms with Gasteiger partial charge in [0.15, 0.2) is 0 Å². The average molecular weight is 607 g/mol. The highest BCUT2D eigenvalue weighted by molar-refractivity contribution is 8.05. The molecule has 1 rings (SSSR count). The van der Waals surface area contributed by atoms with Crippen molar-refractivity contribution in [2.75, 3.05) is 5.75 Å². The molecule has 0 saturated carbocycles. The summed E-state index contributed by atoms with van der Waals surface area (Å²) in [7, 11) is -21.8. The van der Waals surface area contributed by atoms with Crippen LogP contribution in [0.4, 0.5) is 39.5 Å². The Bertz CT molecular complexity index is 1190. The van der Waals surface area contributed by atoms with Crippen LogP contribution in [-0.4, -0.2) is 64.0 Å². The number of carboxylic acids is 1. The molecule has 9 nitrogen and oxygen atoms in total. The van der Waals surface area contributed by atoms with Gasteiger partial charge in [0.05, 0.1) is 5.75 Å². The summed E-state index contributed by atoms with van der Waals surface area (Å²) in [5.74, 6) is -10.9. The van der Waals surface area contributed by atoms with E-state index in [0.29, 0.717) is 0 Å². The molecule has 2 N–H and O–H groups in total. The number of halogens is 9. The molecule has 36 heavy (non-hydrogen) atoms. The lowest BCUT2D eigenvalue weighted by Gasteiger charge is -2.31. The molecule has 1 unspecified atom stereocenters. The van der Waals surface area contributed by atoms with E-state index in [2.05, 4.69) is 0 Å². The van der Waals surface area contributed by atoms with Crippen LogP contribution in [0.25, 0.3) is 0 Å². The summed E-state index contributed by atoms with van der Waals surface area (Å²) in [5.41, 5.74) is -7.11. The number of alkyl halides is 9. The summed E-state index contributed by atoms with van der Waals surface area (Å²) in [6, 6.07) is 0. The van der Waals surface area contributed by atoms with Crippen molar-refractivity contribution in [2.45, 2.75) is 60.5 Å². The Morgan fingerprint density at radius 1 is 0.889 bits per heavy atom. The molecular weight excluding hydrogens is 589 g/mol. The van der Waals surface area contributed by atoms with Crippen molar-refractivity contribution in [3.8, 4) is 0 Å². The molecule has 1 aliphatic rings. The Labute approximate surface area is 198 Å². The standard InChI is InChI=1S/C15H18F9NO8S3/c16-12(17,14(20,21)35(30,31)25-36(32,33)15(22,23)24)13(18,19)34(28,29)8-10-3-1-2-9(4-5-10)6-7-11(26)27/h3,9,25H,1-2,4-8H2,(H,26,27). The third-order valence-corrected chi connectivity index (χ3v) is 10.1. The van der Waals surface area contributed by atoms with Crippen LogP contribution < -0.4 is 4.13 Å². The Hall–Kier alpha value is -1.61. The maximum Gasteiger partial charge on any atom is 0.512 e. The summed E-state index contributed by atoms with van der Waals surface area (Å²) < 4.78 is 189. The van der Waals surface area contributed by atoms with E-state index in [-0.39, 0.29) is 44.4 Å². The summed E-state index contributed by atoms with van der Waals surface area (Å²) >= 11 is 0. The number of nitrogens with one attached hydrogen (secondary N) is 1. The van der Waals surface area contributed by atoms with Gasteiger partial charge in [0.25, 0.3) is 10.0 Å². The number of sulfone groups is 1. The van der Waals surface area contributed by atoms with Crippen LogP contribution in [0.3, 0.4) is 0 Å². The molecule has 1 atom stereocenters. The summed E-state index contributed by atoms with van der Waals surface area (Å²) in [4.78, 5) is 10.6. The molecule has 1 aliphatic carbocycles. The SMILES string of the molecule is O=C(O)CCC1CCC=C(CS(=O)(=O)C(F)(F)C(F)(F)C(F)(F)S(=O)(=O)NS(=O)(=O)C(F)(F)F)CC1. The maximum atomic E-state index is 14.2. The molecule has 0 saturated heterocycles. The first-order chi connectivity index (χ1) is 15.8. The molecule has 0 aromatic heterocycles. The van der Waals surface area contributed by atoms with Gasteiger partial charge < -0.3 is 5.11 Å². The van der Waals surface area contributed by atoms with Gasteiger partial charge in [-0.25, -0.2) is 25.3 Å². The summed E-state index contributed by atoms with van der Waals surface area (Å²) in [6.45, 7) is 0. The maximum absolute atomic E-state index is 14.2. The van der Waals surface area contributed by atoms with Crippen LogP contribution >= 0.6 is 0 Å². The number of sulfonamides is 2. The van der Waals surface area contributed by atoms with E-state index in [1.807, 2.05) is 0 Å². The Balaban J connectivity index is 3.24. The largest absolute Gasteiger partial charge is 0.512 e. The molecule has 21 heteroatoms. The third-order valence-electron chi connectivity index (χ3n) is 5.01. The van der Waals surface area contributed by atoms with Gasteiger partial charge in [-0.2, -0.15) is 39.5 Å². The predicted molar refractivity (Wildman–Crippen MR) is 103 cm³/mol. The number of rotatable bonds is 11. The van der Waals surface area contributed by atoms with E-state index in [4.69, 9.17) is 5.11 Å². The van der Waals surface area contributed by atoms with Crippen LogP contribution in [0.2, 0.25) is 0 Å². The van der Waals surface area contributed by atoms with E-state index in [1.165, 1.54) is 0 Å². The zero-order valence-electron chi connectivity index (χ0n) is 17.5. The van der Waals surface area contributed by atoms with Crippen LogP contribution in [-0.2, 0) is 34.7 Å². The molecule has 0 heterocycles. The Kier molecular flexibility index (Phi) is 9.25. The van der Waals surface area contributed by atoms with Gasteiger partial charge in [-0.15, -0.1) is 0 Å². The second kappa shape index (κ2) is 10.3. The van der Waals surface area contributed by atoms with Crippen molar-refractivity contribution < 1.29 is 74.7 Å². The molecule has 212 valence electrons. The number of hydrogen-bond donors (Lipinski definition) is 2. The van der Waals surface area contributed by atoms with Gasteiger partial charge in [0.2, 0.25) is 9.84 Å². The normalized spacial score (nSPS) is 19.5. The van der Waals surface area contributed by atoms with Crippen LogP contribution in [0.15, 0.2) is 11.6 Å². The highest BCUT2D eigenvalue weighted by atomic mass is 32.3. The fourth-order valence-corrected chi connectivity index (χ4v) is 6.95. The zero-order valence-corrected chi connectivity index (χ0v) is 20.0. The van der Waals surface area contributed by atoms with Gasteiger partial charge in [0, 0.05) is 6.42 Å². The highest BCUT2D eigenvalue weighted by Crippen LogP contribution is 2.51. The van der Waals surface area contributed by atoms with E-state index >= 15 is 0 Å². The molecular formula is C15H18F9NO8S3. The minimum atomic E-state index is -7.81. The van der Waals surface area contributed by atoms with Gasteiger partial charge in [-0.3, -0.25) is 4.79 Å². The minimum absolute atomic E-state index is 0.0142. The van der Waals surface area contributed by atoms with Crippen molar-refractivity contribution in [1.29, 1.82) is 0 Å². The first kappa shape index (κ1) is 32.4. The molecule has 0 radical (unpaired) electrons. The van der Waals surface area contributed by atoms with Gasteiger partial charge in [-0.1, -0.05) is 15.8 Å². The minimum Gasteiger partial charge on any atom is -0.481 e. The molecule has 0 fully saturated rings. The third kappa shape index (κ3) is 6.44. The van der Waals surface area contributed by atoms with Crippen LogP contribution in [0.1, 0.15) is 38.5 Å². The average Bonchev–Trinajstić information content (AvgIpc) is 2.88. The van der Waals surface area contributed by atoms with Crippen molar-refractivity contribution >= 4 is 35.9 Å². The number of hydrogen-bond acceptors (Lipinski definition) is 7. The fraction of sp³-hybridized carbons (Fsp3) is 0.800. The second-order valence-corrected chi connectivity index (χ2v) is 13.4. The smallest absolute Gasteiger partial charge is 0.481 e. The lowest BCUT2D eigenvalue weighted by molar-refractivity contribution is -0.243. The predicted octanol–water partition coefficient (Wildman–Crippen LogP) is 2.97. The lowest BCUT2D eigenvalue weighted by Crippen LogP contribution is -2.64. The Morgan fingerprint density at radius 2 is 1.42 bits per heavy atom. The monoisotopic (exact) mass is 607 g/mol. The van der Waals surface area contributed by atoms with Gasteiger partial charge in [0.1, 0.15) is 0 Å². The van der Waals surface area contributed by atoms with E-state index in [9.17, 15) is 69.6 Å². The first-order valence-corrected chi connectivity index (χ1v) is 14.0. The van der Waals surface area contributed by atoms with E-state index in [1.54, 1.807) is 0 Å². The van der Waals surface area contributed by atoms with Crippen molar-refractivity contribution in [2.24, 2.45) is 5.92 Å². The zero-order chi connectivity index (χ0) is 28.6. The molecule has 0 amide bonds. The van der Waals surface area contributed by atoms with E-state index in [0.717, 1.165) is 6.08 Å². The first-order valence-electron chi connectivity index (χ1n) is 9.42. The fourth-order valence-electron chi connectivity index (χ4n) is 3.02. The number of allylic oxidation sites excluding steroid dienone is 1. The topological polar surface area (TPSA) is 152 Å². The Morgan fingerprint density at radius 3 is 1.89 bits per heavy atom. The second-order valence-electron chi connectivity index (χ2n) is 7.68. The summed E-state index contributed by atoms with van der Waals surface area (Å²) in [5, 5.41) is -5.61. The molecule has 0 bridgehead atoms. The molecule has 0 aromatic rings.